The first-order valence-corrected chi connectivity index (χ1v) is 11.5. The predicted octanol–water partition coefficient (Wildman–Crippen LogP) is 7.25. The molecule has 0 unspecified atom stereocenters. The van der Waals surface area contributed by atoms with Crippen LogP contribution in [0.3, 0.4) is 0 Å². The second kappa shape index (κ2) is 8.71. The zero-order valence-electron chi connectivity index (χ0n) is 17.9. The first kappa shape index (κ1) is 20.2. The lowest BCUT2D eigenvalue weighted by Crippen LogP contribution is -2.33. The molecule has 0 radical (unpaired) electrons. The highest BCUT2D eigenvalue weighted by Gasteiger charge is 2.55. The Morgan fingerprint density at radius 2 is 1.69 bits per heavy atom. The van der Waals surface area contributed by atoms with Crippen molar-refractivity contribution in [2.45, 2.75) is 64.3 Å². The number of hydrogen-bond acceptors (Lipinski definition) is 1. The minimum Gasteiger partial charge on any atom is -0.327 e. The van der Waals surface area contributed by atoms with Crippen LogP contribution in [0, 0.1) is 11.3 Å². The summed E-state index contributed by atoms with van der Waals surface area (Å²) in [6.07, 6.45) is 9.79. The maximum Gasteiger partial charge on any atom is 0.0255 e. The minimum atomic E-state index is -0.0117. The second-order valence-electron chi connectivity index (χ2n) is 8.98. The summed E-state index contributed by atoms with van der Waals surface area (Å²) in [6, 6.07) is 22.1. The largest absolute Gasteiger partial charge is 0.327 e. The third-order valence-corrected chi connectivity index (χ3v) is 7.34. The Labute approximate surface area is 176 Å². The van der Waals surface area contributed by atoms with Crippen molar-refractivity contribution in [2.24, 2.45) is 17.1 Å². The van der Waals surface area contributed by atoms with Gasteiger partial charge in [-0.3, -0.25) is 0 Å². The number of fused-ring (bicyclic) bond motifs is 1. The minimum absolute atomic E-state index is 0.0117. The summed E-state index contributed by atoms with van der Waals surface area (Å²) < 4.78 is 0. The molecule has 152 valence electrons. The highest BCUT2D eigenvalue weighted by molar-refractivity contribution is 5.90. The van der Waals surface area contributed by atoms with Gasteiger partial charge in [-0.1, -0.05) is 99.0 Å². The first-order valence-electron chi connectivity index (χ1n) is 11.5. The maximum absolute atomic E-state index is 6.73. The molecule has 2 aromatic carbocycles. The molecule has 1 saturated carbocycles. The molecular weight excluding hydrogens is 350 g/mol. The van der Waals surface area contributed by atoms with Gasteiger partial charge < -0.3 is 5.73 Å². The number of rotatable bonds is 8. The normalized spacial score (nSPS) is 26.0. The topological polar surface area (TPSA) is 26.0 Å². The van der Waals surface area contributed by atoms with E-state index >= 15 is 0 Å². The number of allylic oxidation sites excluding steroid dienone is 3. The summed E-state index contributed by atoms with van der Waals surface area (Å²) in [5.41, 5.74) is 13.8. The molecule has 0 aliphatic heterocycles. The highest BCUT2D eigenvalue weighted by Crippen LogP contribution is 2.65. The Hall–Kier alpha value is -2.12. The van der Waals surface area contributed by atoms with E-state index in [0.717, 1.165) is 19.3 Å². The number of hydrogen-bond donors (Lipinski definition) is 1. The van der Waals surface area contributed by atoms with Crippen molar-refractivity contribution in [3.05, 3.63) is 83.9 Å². The molecule has 2 N–H and O–H groups in total. The van der Waals surface area contributed by atoms with E-state index in [-0.39, 0.29) is 11.5 Å². The van der Waals surface area contributed by atoms with Gasteiger partial charge in [0.25, 0.3) is 0 Å². The summed E-state index contributed by atoms with van der Waals surface area (Å²) in [5.74, 6) is 0.478. The fraction of sp³-hybridized carbons (Fsp3) is 0.429. The van der Waals surface area contributed by atoms with Crippen molar-refractivity contribution in [1.29, 1.82) is 0 Å². The van der Waals surface area contributed by atoms with Crippen LogP contribution in [0.25, 0.3) is 11.1 Å². The predicted molar refractivity (Wildman–Crippen MR) is 125 cm³/mol. The van der Waals surface area contributed by atoms with E-state index in [1.165, 1.54) is 48.8 Å². The van der Waals surface area contributed by atoms with Crippen LogP contribution in [0.15, 0.2) is 72.8 Å². The van der Waals surface area contributed by atoms with Crippen molar-refractivity contribution in [1.82, 2.24) is 0 Å². The smallest absolute Gasteiger partial charge is 0.0255 e. The average molecular weight is 386 g/mol. The Morgan fingerprint density at radius 1 is 1.00 bits per heavy atom. The molecule has 3 atom stereocenters. The fourth-order valence-corrected chi connectivity index (χ4v) is 5.95. The molecule has 2 aromatic rings. The summed E-state index contributed by atoms with van der Waals surface area (Å²) >= 11 is 0. The maximum atomic E-state index is 6.73. The first-order chi connectivity index (χ1) is 14.2. The molecule has 0 spiro atoms. The Morgan fingerprint density at radius 3 is 2.38 bits per heavy atom. The molecule has 0 aromatic heterocycles. The van der Waals surface area contributed by atoms with Crippen molar-refractivity contribution in [3.63, 3.8) is 0 Å². The lowest BCUT2D eigenvalue weighted by Gasteiger charge is -2.37. The Balaban J connectivity index is 1.80. The third-order valence-electron chi connectivity index (χ3n) is 7.34. The molecule has 1 fully saturated rings. The van der Waals surface area contributed by atoms with E-state index < -0.39 is 0 Å². The molecule has 1 heteroatoms. The Bertz CT molecular complexity index is 864. The molecule has 4 rings (SSSR count). The quantitative estimate of drug-likeness (QED) is 0.476. The van der Waals surface area contributed by atoms with E-state index in [9.17, 15) is 0 Å². The van der Waals surface area contributed by atoms with Gasteiger partial charge in [-0.2, -0.15) is 0 Å². The molecule has 0 amide bonds. The lowest BCUT2D eigenvalue weighted by atomic mass is 9.66. The van der Waals surface area contributed by atoms with Crippen LogP contribution < -0.4 is 5.73 Å². The van der Waals surface area contributed by atoms with E-state index in [4.69, 9.17) is 12.3 Å². The number of benzene rings is 2. The molecular formula is C28H35N. The van der Waals surface area contributed by atoms with Crippen molar-refractivity contribution in [3.8, 4) is 0 Å². The van der Waals surface area contributed by atoms with Crippen LogP contribution in [-0.4, -0.2) is 6.04 Å². The number of unbranched alkanes of at least 4 members (excludes halogenated alkanes) is 3. The average Bonchev–Trinajstić information content (AvgIpc) is 3.27. The molecule has 0 heterocycles. The van der Waals surface area contributed by atoms with Crippen molar-refractivity contribution in [2.75, 3.05) is 0 Å². The van der Waals surface area contributed by atoms with Gasteiger partial charge in [-0.25, -0.2) is 0 Å². The molecule has 2 aliphatic rings. The highest BCUT2D eigenvalue weighted by atomic mass is 14.7. The summed E-state index contributed by atoms with van der Waals surface area (Å²) in [5, 5.41) is 0. The van der Waals surface area contributed by atoms with E-state index in [1.54, 1.807) is 11.1 Å². The van der Waals surface area contributed by atoms with Gasteiger partial charge in [-0.15, -0.1) is 0 Å². The molecule has 0 saturated heterocycles. The van der Waals surface area contributed by atoms with Gasteiger partial charge in [0.2, 0.25) is 0 Å². The van der Waals surface area contributed by atoms with E-state index in [2.05, 4.69) is 67.6 Å². The standard InChI is InChI=1S/C28H35N/c1-3-4-5-8-17-24-20-25-26(29)18-19-28(25,21(2)22-13-9-6-10-14-22)27(24)23-15-11-7-12-16-23/h6-7,9-16,25-26H,2-5,8,17-20,29H2,1H3/t25-,26+,28-/m0/s1. The fourth-order valence-electron chi connectivity index (χ4n) is 5.95. The third kappa shape index (κ3) is 3.62. The van der Waals surface area contributed by atoms with E-state index in [0.29, 0.717) is 5.92 Å². The van der Waals surface area contributed by atoms with Crippen LogP contribution >= 0.6 is 0 Å². The van der Waals surface area contributed by atoms with Crippen molar-refractivity contribution >= 4 is 11.1 Å². The SMILES string of the molecule is C=C(c1ccccc1)[C@@]12CC[C@@H](N)[C@@H]1CC(CCCCCC)=C2c1ccccc1. The van der Waals surface area contributed by atoms with Gasteiger partial charge in [0, 0.05) is 11.5 Å². The molecule has 29 heavy (non-hydrogen) atoms. The summed E-state index contributed by atoms with van der Waals surface area (Å²) in [4.78, 5) is 0. The van der Waals surface area contributed by atoms with Gasteiger partial charge in [-0.05, 0) is 60.3 Å². The van der Waals surface area contributed by atoms with Crippen LogP contribution in [0.2, 0.25) is 0 Å². The summed E-state index contributed by atoms with van der Waals surface area (Å²) in [6.45, 7) is 6.99. The lowest BCUT2D eigenvalue weighted by molar-refractivity contribution is 0.376. The van der Waals surface area contributed by atoms with Gasteiger partial charge in [0.1, 0.15) is 0 Å². The second-order valence-corrected chi connectivity index (χ2v) is 8.98. The molecule has 1 nitrogen and oxygen atoms in total. The van der Waals surface area contributed by atoms with E-state index in [1.807, 2.05) is 0 Å². The van der Waals surface area contributed by atoms with Crippen LogP contribution in [0.4, 0.5) is 0 Å². The zero-order valence-corrected chi connectivity index (χ0v) is 17.9. The zero-order chi connectivity index (χ0) is 20.3. The molecule has 0 bridgehead atoms. The van der Waals surface area contributed by atoms with Crippen LogP contribution in [-0.2, 0) is 0 Å². The summed E-state index contributed by atoms with van der Waals surface area (Å²) in [7, 11) is 0. The number of nitrogens with two attached hydrogens (primary N) is 1. The van der Waals surface area contributed by atoms with Gasteiger partial charge in [0.05, 0.1) is 0 Å². The van der Waals surface area contributed by atoms with Crippen molar-refractivity contribution < 1.29 is 0 Å². The monoisotopic (exact) mass is 385 g/mol. The van der Waals surface area contributed by atoms with Crippen LogP contribution in [0.1, 0.15) is 69.4 Å². The molecule has 2 aliphatic carbocycles. The van der Waals surface area contributed by atoms with Gasteiger partial charge in [0.15, 0.2) is 0 Å². The Kier molecular flexibility index (Phi) is 6.06. The van der Waals surface area contributed by atoms with Crippen LogP contribution in [0.5, 0.6) is 0 Å². The van der Waals surface area contributed by atoms with Gasteiger partial charge >= 0.3 is 0 Å².